The summed E-state index contributed by atoms with van der Waals surface area (Å²) in [6.07, 6.45) is 0.522. The highest BCUT2D eigenvalue weighted by atomic mass is 16.4. The zero-order chi connectivity index (χ0) is 12.8. The van der Waals surface area contributed by atoms with Gasteiger partial charge < -0.3 is 15.3 Å². The first-order valence-corrected chi connectivity index (χ1v) is 4.82. The van der Waals surface area contributed by atoms with E-state index in [2.05, 4.69) is 0 Å². The molecule has 0 rings (SSSR count). The van der Waals surface area contributed by atoms with Gasteiger partial charge in [0.25, 0.3) is 0 Å². The molecule has 0 aliphatic heterocycles. The van der Waals surface area contributed by atoms with E-state index >= 15 is 0 Å². The summed E-state index contributed by atoms with van der Waals surface area (Å²) in [4.78, 5) is 32.0. The maximum Gasteiger partial charge on any atom is 0.359 e. The van der Waals surface area contributed by atoms with Crippen molar-refractivity contribution in [1.29, 1.82) is 0 Å². The van der Waals surface area contributed by atoms with Crippen LogP contribution >= 0.6 is 0 Å². The first kappa shape index (κ1) is 14.4. The van der Waals surface area contributed by atoms with E-state index in [4.69, 9.17) is 15.3 Å². The summed E-state index contributed by atoms with van der Waals surface area (Å²) in [5.41, 5.74) is 0. The lowest BCUT2D eigenvalue weighted by Gasteiger charge is -2.33. The molecule has 0 amide bonds. The number of aliphatic carboxylic acids is 3. The second-order valence-electron chi connectivity index (χ2n) is 3.72. The molecule has 0 fully saturated rings. The lowest BCUT2D eigenvalue weighted by atomic mass is 10.2. The fraction of sp³-hybridized carbons (Fsp3) is 0.667. The van der Waals surface area contributed by atoms with Crippen LogP contribution in [-0.2, 0) is 14.4 Å². The number of hydrogen-bond acceptors (Lipinski definition) is 3. The van der Waals surface area contributed by atoms with Crippen LogP contribution in [-0.4, -0.2) is 63.9 Å². The van der Waals surface area contributed by atoms with E-state index in [0.717, 1.165) is 0 Å². The molecule has 0 aliphatic carbocycles. The van der Waals surface area contributed by atoms with Gasteiger partial charge in [-0.05, 0) is 6.42 Å². The van der Waals surface area contributed by atoms with Crippen LogP contribution in [0.4, 0.5) is 0 Å². The van der Waals surface area contributed by atoms with E-state index in [1.54, 1.807) is 6.92 Å². The third-order valence-corrected chi connectivity index (χ3v) is 2.11. The van der Waals surface area contributed by atoms with E-state index in [1.807, 2.05) is 0 Å². The van der Waals surface area contributed by atoms with Gasteiger partial charge in [-0.3, -0.25) is 4.48 Å². The van der Waals surface area contributed by atoms with Crippen molar-refractivity contribution in [2.45, 2.75) is 13.3 Å². The van der Waals surface area contributed by atoms with Crippen LogP contribution in [0.2, 0.25) is 0 Å². The van der Waals surface area contributed by atoms with Crippen LogP contribution in [0.1, 0.15) is 13.3 Å². The molecule has 0 aliphatic rings. The monoisotopic (exact) mass is 234 g/mol. The first-order valence-electron chi connectivity index (χ1n) is 4.82. The summed E-state index contributed by atoms with van der Waals surface area (Å²) in [5, 5.41) is 26.1. The van der Waals surface area contributed by atoms with Gasteiger partial charge in [-0.25, -0.2) is 14.4 Å². The number of carbonyl (C=O) groups is 3. The van der Waals surface area contributed by atoms with E-state index in [-0.39, 0.29) is 6.54 Å². The molecule has 0 unspecified atom stereocenters. The predicted octanol–water partition coefficient (Wildman–Crippen LogP) is -0.533. The van der Waals surface area contributed by atoms with Crippen molar-refractivity contribution in [3.05, 3.63) is 0 Å². The lowest BCUT2D eigenvalue weighted by Crippen LogP contribution is -2.56. The van der Waals surface area contributed by atoms with Gasteiger partial charge in [-0.2, -0.15) is 0 Å². The average Bonchev–Trinajstić information content (AvgIpc) is 1.98. The summed E-state index contributed by atoms with van der Waals surface area (Å²) in [6, 6.07) is 0. The number of carboxylic acid groups (broad SMARTS) is 3. The van der Waals surface area contributed by atoms with E-state index in [1.165, 1.54) is 0 Å². The van der Waals surface area contributed by atoms with Crippen molar-refractivity contribution in [1.82, 2.24) is 0 Å². The summed E-state index contributed by atoms with van der Waals surface area (Å²) in [6.45, 7) is 0.481. The maximum atomic E-state index is 10.7. The number of hydrogen-bond donors (Lipinski definition) is 3. The minimum absolute atomic E-state index is 0.213. The van der Waals surface area contributed by atoms with Crippen LogP contribution in [0, 0.1) is 0 Å². The summed E-state index contributed by atoms with van der Waals surface area (Å²) >= 11 is 0. The van der Waals surface area contributed by atoms with Gasteiger partial charge in [0.1, 0.15) is 0 Å². The molecule has 7 heteroatoms. The van der Waals surface area contributed by atoms with Gasteiger partial charge in [0.05, 0.1) is 6.54 Å². The van der Waals surface area contributed by atoms with Crippen molar-refractivity contribution in [2.75, 3.05) is 26.2 Å². The third-order valence-electron chi connectivity index (χ3n) is 2.11. The molecule has 0 atom stereocenters. The van der Waals surface area contributed by atoms with E-state index in [9.17, 15) is 14.4 Å². The Labute approximate surface area is 92.5 Å². The molecule has 0 aromatic rings. The lowest BCUT2D eigenvalue weighted by molar-refractivity contribution is -0.907. The second-order valence-corrected chi connectivity index (χ2v) is 3.72. The Balaban J connectivity index is 4.93. The topological polar surface area (TPSA) is 112 Å². The summed E-state index contributed by atoms with van der Waals surface area (Å²) in [7, 11) is 0. The molecule has 0 aromatic heterocycles. The number of carboxylic acids is 3. The Kier molecular flexibility index (Phi) is 5.44. The number of rotatable bonds is 8. The van der Waals surface area contributed by atoms with Crippen molar-refractivity contribution < 1.29 is 34.2 Å². The molecule has 92 valence electrons. The zero-order valence-corrected chi connectivity index (χ0v) is 9.05. The zero-order valence-electron chi connectivity index (χ0n) is 9.05. The van der Waals surface area contributed by atoms with Crippen molar-refractivity contribution in [3.8, 4) is 0 Å². The minimum atomic E-state index is -1.20. The molecule has 0 spiro atoms. The van der Waals surface area contributed by atoms with E-state index in [0.29, 0.717) is 6.42 Å². The average molecular weight is 234 g/mol. The van der Waals surface area contributed by atoms with Gasteiger partial charge >= 0.3 is 17.9 Å². The predicted molar refractivity (Wildman–Crippen MR) is 52.9 cm³/mol. The van der Waals surface area contributed by atoms with Crippen molar-refractivity contribution in [3.63, 3.8) is 0 Å². The molecule has 0 bridgehead atoms. The van der Waals surface area contributed by atoms with Crippen LogP contribution in [0.25, 0.3) is 0 Å². The minimum Gasteiger partial charge on any atom is -0.477 e. The highest BCUT2D eigenvalue weighted by Gasteiger charge is 2.34. The Morgan fingerprint density at radius 3 is 1.38 bits per heavy atom. The fourth-order valence-corrected chi connectivity index (χ4v) is 1.74. The Bertz CT molecular complexity index is 247. The Hall–Kier alpha value is -1.63. The normalized spacial score (nSPS) is 11.1. The highest BCUT2D eigenvalue weighted by Crippen LogP contribution is 2.08. The third kappa shape index (κ3) is 5.30. The molecular formula is C9H16NO6+. The molecule has 0 heterocycles. The highest BCUT2D eigenvalue weighted by molar-refractivity contribution is 5.73. The van der Waals surface area contributed by atoms with Gasteiger partial charge in [0.2, 0.25) is 0 Å². The molecule has 0 radical (unpaired) electrons. The maximum absolute atomic E-state index is 10.7. The Morgan fingerprint density at radius 2 is 1.19 bits per heavy atom. The van der Waals surface area contributed by atoms with Gasteiger partial charge in [0.15, 0.2) is 19.6 Å². The van der Waals surface area contributed by atoms with Gasteiger partial charge in [0, 0.05) is 0 Å². The number of nitrogens with zero attached hydrogens (tertiary/aromatic N) is 1. The summed E-state index contributed by atoms with van der Waals surface area (Å²) in [5.74, 6) is -3.59. The van der Waals surface area contributed by atoms with Gasteiger partial charge in [-0.15, -0.1) is 0 Å². The Morgan fingerprint density at radius 1 is 0.875 bits per heavy atom. The fourth-order valence-electron chi connectivity index (χ4n) is 1.74. The van der Waals surface area contributed by atoms with Gasteiger partial charge in [-0.1, -0.05) is 6.92 Å². The quantitative estimate of drug-likeness (QED) is 0.486. The number of quaternary nitrogens is 1. The molecular weight excluding hydrogens is 218 g/mol. The summed E-state index contributed by atoms with van der Waals surface area (Å²) < 4.78 is -0.462. The van der Waals surface area contributed by atoms with Crippen LogP contribution in [0.5, 0.6) is 0 Å². The van der Waals surface area contributed by atoms with Crippen molar-refractivity contribution >= 4 is 17.9 Å². The standard InChI is InChI=1S/C9H15NO6/c1-2-3-10(4-7(11)12,5-8(13)14)6-9(15)16/h2-6H2,1H3,(H2-,11,12,13,14,15,16)/p+1. The largest absolute Gasteiger partial charge is 0.477 e. The first-order chi connectivity index (χ1) is 7.31. The molecule has 3 N–H and O–H groups in total. The van der Waals surface area contributed by atoms with Crippen LogP contribution < -0.4 is 0 Å². The molecule has 0 aromatic carbocycles. The van der Waals surface area contributed by atoms with Crippen LogP contribution in [0.3, 0.4) is 0 Å². The molecule has 7 nitrogen and oxygen atoms in total. The smallest absolute Gasteiger partial charge is 0.359 e. The van der Waals surface area contributed by atoms with Crippen LogP contribution in [0.15, 0.2) is 0 Å². The molecule has 0 saturated carbocycles. The SMILES string of the molecule is CCC[N+](CC(=O)O)(CC(=O)O)CC(=O)O. The van der Waals surface area contributed by atoms with E-state index < -0.39 is 42.0 Å². The van der Waals surface area contributed by atoms with Crippen molar-refractivity contribution in [2.24, 2.45) is 0 Å². The molecule has 16 heavy (non-hydrogen) atoms. The second kappa shape index (κ2) is 6.06. The molecule has 0 saturated heterocycles.